The Morgan fingerprint density at radius 2 is 2.00 bits per heavy atom. The molecule has 1 aromatic carbocycles. The summed E-state index contributed by atoms with van der Waals surface area (Å²) in [5, 5.41) is 12.2. The first-order chi connectivity index (χ1) is 10.0. The van der Waals surface area contributed by atoms with Crippen LogP contribution in [0, 0.1) is 5.41 Å². The number of hydrogen-bond donors (Lipinski definition) is 1. The number of carbonyl (C=O) groups is 2. The van der Waals surface area contributed by atoms with Crippen LogP contribution in [0.4, 0.5) is 0 Å². The van der Waals surface area contributed by atoms with Crippen molar-refractivity contribution in [3.8, 4) is 5.75 Å². The molecule has 1 aliphatic carbocycles. The molecule has 0 heterocycles. The van der Waals surface area contributed by atoms with E-state index in [1.54, 1.807) is 38.3 Å². The van der Waals surface area contributed by atoms with E-state index in [-0.39, 0.29) is 18.0 Å². The smallest absolute Gasteiger partial charge is 0.162 e. The molecule has 1 atom stereocenters. The van der Waals surface area contributed by atoms with E-state index in [4.69, 9.17) is 9.94 Å². The summed E-state index contributed by atoms with van der Waals surface area (Å²) in [5.41, 5.74) is 0.263. The molecule has 1 unspecified atom stereocenters. The summed E-state index contributed by atoms with van der Waals surface area (Å²) >= 11 is 0. The van der Waals surface area contributed by atoms with Gasteiger partial charge in [-0.05, 0) is 44.0 Å². The Labute approximate surface area is 123 Å². The van der Waals surface area contributed by atoms with Crippen LogP contribution in [0.1, 0.15) is 43.0 Å². The number of ether oxygens (including phenoxy) is 1. The van der Waals surface area contributed by atoms with Gasteiger partial charge in [0.05, 0.1) is 18.2 Å². The molecule has 1 saturated carbocycles. The molecule has 0 aromatic heterocycles. The summed E-state index contributed by atoms with van der Waals surface area (Å²) in [5.74, 6) is 0.702. The average molecular weight is 289 g/mol. The van der Waals surface area contributed by atoms with Crippen LogP contribution in [0.5, 0.6) is 5.75 Å². The second-order valence-corrected chi connectivity index (χ2v) is 5.45. The van der Waals surface area contributed by atoms with E-state index in [2.05, 4.69) is 5.16 Å². The minimum Gasteiger partial charge on any atom is -0.497 e. The van der Waals surface area contributed by atoms with E-state index in [1.165, 1.54) is 0 Å². The normalized spacial score (nSPS) is 23.5. The molecule has 5 heteroatoms. The average Bonchev–Trinajstić information content (AvgIpc) is 2.80. The number of methoxy groups -OCH3 is 1. The first-order valence-corrected chi connectivity index (χ1v) is 6.93. The van der Waals surface area contributed by atoms with E-state index in [9.17, 15) is 9.59 Å². The van der Waals surface area contributed by atoms with E-state index < -0.39 is 5.41 Å². The Balaban J connectivity index is 2.04. The van der Waals surface area contributed by atoms with Gasteiger partial charge in [0, 0.05) is 18.4 Å². The number of oxime groups is 1. The van der Waals surface area contributed by atoms with Gasteiger partial charge in [0.1, 0.15) is 11.5 Å². The van der Waals surface area contributed by atoms with E-state index in [1.807, 2.05) is 0 Å². The van der Waals surface area contributed by atoms with Crippen molar-refractivity contribution in [1.82, 2.24) is 0 Å². The van der Waals surface area contributed by atoms with Gasteiger partial charge < -0.3 is 9.94 Å². The molecule has 0 saturated heterocycles. The number of hydrogen-bond acceptors (Lipinski definition) is 5. The van der Waals surface area contributed by atoms with Gasteiger partial charge in [0.15, 0.2) is 5.78 Å². The van der Waals surface area contributed by atoms with E-state index in [0.29, 0.717) is 36.3 Å². The Hall–Kier alpha value is -2.17. The van der Waals surface area contributed by atoms with Crippen molar-refractivity contribution < 1.29 is 19.5 Å². The van der Waals surface area contributed by atoms with Crippen molar-refractivity contribution in [3.63, 3.8) is 0 Å². The monoisotopic (exact) mass is 289 g/mol. The maximum atomic E-state index is 12.2. The summed E-state index contributed by atoms with van der Waals surface area (Å²) in [7, 11) is 1.57. The lowest BCUT2D eigenvalue weighted by molar-refractivity contribution is -0.123. The SMILES string of the molecule is COc1ccc(C(=O)CCC2(C)C(=O)CC/C2=N\O)cc1. The van der Waals surface area contributed by atoms with Crippen molar-refractivity contribution in [3.05, 3.63) is 29.8 Å². The Morgan fingerprint density at radius 3 is 2.57 bits per heavy atom. The van der Waals surface area contributed by atoms with Gasteiger partial charge in [0.25, 0.3) is 0 Å². The van der Waals surface area contributed by atoms with E-state index in [0.717, 1.165) is 0 Å². The highest BCUT2D eigenvalue weighted by Gasteiger charge is 2.43. The Bertz CT molecular complexity index is 576. The van der Waals surface area contributed by atoms with Crippen LogP contribution in [0.25, 0.3) is 0 Å². The number of benzene rings is 1. The predicted octanol–water partition coefficient (Wildman–Crippen LogP) is 2.86. The third-order valence-electron chi connectivity index (χ3n) is 4.23. The summed E-state index contributed by atoms with van der Waals surface area (Å²) in [6, 6.07) is 6.88. The summed E-state index contributed by atoms with van der Waals surface area (Å²) in [4.78, 5) is 24.2. The molecule has 0 spiro atoms. The number of nitrogens with zero attached hydrogens (tertiary/aromatic N) is 1. The zero-order chi connectivity index (χ0) is 15.5. The van der Waals surface area contributed by atoms with Crippen LogP contribution < -0.4 is 4.74 Å². The molecule has 0 radical (unpaired) electrons. The molecule has 1 aliphatic rings. The molecule has 21 heavy (non-hydrogen) atoms. The number of Topliss-reactive ketones (excluding diaryl/α,β-unsaturated/α-hetero) is 2. The van der Waals surface area contributed by atoms with Crippen LogP contribution in [0.3, 0.4) is 0 Å². The summed E-state index contributed by atoms with van der Waals surface area (Å²) in [6.45, 7) is 1.75. The van der Waals surface area contributed by atoms with Crippen molar-refractivity contribution >= 4 is 17.3 Å². The quantitative estimate of drug-likeness (QED) is 0.514. The highest BCUT2D eigenvalue weighted by Crippen LogP contribution is 2.36. The second-order valence-electron chi connectivity index (χ2n) is 5.45. The standard InChI is InChI=1S/C16H19NO4/c1-16(14(17-20)7-8-15(16)19)10-9-13(18)11-3-5-12(21-2)6-4-11/h3-6,20H,7-10H2,1-2H3/b17-14+. The van der Waals surface area contributed by atoms with Crippen LogP contribution in [0.2, 0.25) is 0 Å². The summed E-state index contributed by atoms with van der Waals surface area (Å²) in [6.07, 6.45) is 1.47. The minimum absolute atomic E-state index is 0.0316. The molecule has 1 aromatic rings. The molecule has 0 amide bonds. The lowest BCUT2D eigenvalue weighted by Crippen LogP contribution is -2.30. The first kappa shape index (κ1) is 15.2. The molecule has 0 bridgehead atoms. The van der Waals surface area contributed by atoms with Gasteiger partial charge in [-0.1, -0.05) is 5.16 Å². The van der Waals surface area contributed by atoms with Crippen LogP contribution >= 0.6 is 0 Å². The molecule has 1 N–H and O–H groups in total. The largest absolute Gasteiger partial charge is 0.497 e. The molecule has 2 rings (SSSR count). The summed E-state index contributed by atoms with van der Waals surface area (Å²) < 4.78 is 5.05. The van der Waals surface area contributed by atoms with Gasteiger partial charge in [-0.2, -0.15) is 0 Å². The maximum Gasteiger partial charge on any atom is 0.162 e. The van der Waals surface area contributed by atoms with Gasteiger partial charge in [0.2, 0.25) is 0 Å². The highest BCUT2D eigenvalue weighted by molar-refractivity contribution is 6.15. The van der Waals surface area contributed by atoms with Crippen LogP contribution in [-0.4, -0.2) is 29.6 Å². The fraction of sp³-hybridized carbons (Fsp3) is 0.438. The van der Waals surface area contributed by atoms with Gasteiger partial charge in [-0.3, -0.25) is 9.59 Å². The zero-order valence-electron chi connectivity index (χ0n) is 12.3. The van der Waals surface area contributed by atoms with Crippen molar-refractivity contribution in [1.29, 1.82) is 0 Å². The Morgan fingerprint density at radius 1 is 1.33 bits per heavy atom. The van der Waals surface area contributed by atoms with E-state index >= 15 is 0 Å². The number of carbonyl (C=O) groups excluding carboxylic acids is 2. The molecule has 112 valence electrons. The lowest BCUT2D eigenvalue weighted by atomic mass is 9.80. The Kier molecular flexibility index (Phi) is 4.40. The van der Waals surface area contributed by atoms with Gasteiger partial charge in [-0.15, -0.1) is 0 Å². The van der Waals surface area contributed by atoms with Crippen LogP contribution in [-0.2, 0) is 4.79 Å². The molecular formula is C16H19NO4. The topological polar surface area (TPSA) is 76.0 Å². The zero-order valence-corrected chi connectivity index (χ0v) is 12.3. The van der Waals surface area contributed by atoms with Crippen molar-refractivity contribution in [2.75, 3.05) is 7.11 Å². The first-order valence-electron chi connectivity index (χ1n) is 6.93. The second kappa shape index (κ2) is 6.08. The number of ketones is 2. The number of rotatable bonds is 5. The lowest BCUT2D eigenvalue weighted by Gasteiger charge is -2.21. The highest BCUT2D eigenvalue weighted by atomic mass is 16.5. The minimum atomic E-state index is -0.809. The third kappa shape index (κ3) is 2.96. The predicted molar refractivity (Wildman–Crippen MR) is 78.1 cm³/mol. The molecule has 5 nitrogen and oxygen atoms in total. The fourth-order valence-corrected chi connectivity index (χ4v) is 2.67. The van der Waals surface area contributed by atoms with Crippen molar-refractivity contribution in [2.45, 2.75) is 32.6 Å². The molecule has 1 fully saturated rings. The third-order valence-corrected chi connectivity index (χ3v) is 4.23. The molecular weight excluding hydrogens is 270 g/mol. The van der Waals surface area contributed by atoms with Gasteiger partial charge >= 0.3 is 0 Å². The van der Waals surface area contributed by atoms with Crippen LogP contribution in [0.15, 0.2) is 29.4 Å². The molecule has 0 aliphatic heterocycles. The van der Waals surface area contributed by atoms with Crippen molar-refractivity contribution in [2.24, 2.45) is 10.6 Å². The van der Waals surface area contributed by atoms with Gasteiger partial charge in [-0.25, -0.2) is 0 Å². The fourth-order valence-electron chi connectivity index (χ4n) is 2.67. The maximum absolute atomic E-state index is 12.2.